The minimum absolute atomic E-state index is 0.0780. The molecule has 4 heteroatoms. The van der Waals surface area contributed by atoms with Crippen molar-refractivity contribution in [3.63, 3.8) is 0 Å². The molecule has 1 aromatic rings. The molecule has 0 unspecified atom stereocenters. The number of hydrogen-bond acceptors (Lipinski definition) is 3. The van der Waals surface area contributed by atoms with E-state index >= 15 is 0 Å². The van der Waals surface area contributed by atoms with Gasteiger partial charge in [-0.1, -0.05) is 19.8 Å². The summed E-state index contributed by atoms with van der Waals surface area (Å²) in [7, 11) is 0. The maximum Gasteiger partial charge on any atom is 0.257 e. The Morgan fingerprint density at radius 1 is 1.40 bits per heavy atom. The first-order valence-electron chi connectivity index (χ1n) is 7.75. The molecule has 1 saturated heterocycles. The first-order valence-corrected chi connectivity index (χ1v) is 7.75. The van der Waals surface area contributed by atoms with Crippen LogP contribution in [-0.2, 0) is 4.74 Å². The second-order valence-corrected chi connectivity index (χ2v) is 6.00. The number of furan rings is 1. The van der Waals surface area contributed by atoms with Gasteiger partial charge in [0.15, 0.2) is 0 Å². The molecule has 0 aromatic carbocycles. The number of amides is 1. The number of rotatable bonds is 5. The van der Waals surface area contributed by atoms with Gasteiger partial charge in [-0.05, 0) is 31.2 Å². The zero-order chi connectivity index (χ0) is 13.9. The molecule has 1 aliphatic heterocycles. The molecule has 1 amide bonds. The monoisotopic (exact) mass is 277 g/mol. The fraction of sp³-hybridized carbons (Fsp3) is 0.688. The van der Waals surface area contributed by atoms with Crippen LogP contribution in [0.3, 0.4) is 0 Å². The maximum absolute atomic E-state index is 12.5. The van der Waals surface area contributed by atoms with Crippen LogP contribution in [0.15, 0.2) is 23.0 Å². The molecule has 1 aliphatic carbocycles. The molecule has 0 radical (unpaired) electrons. The zero-order valence-corrected chi connectivity index (χ0v) is 12.1. The molecule has 0 bridgehead atoms. The molecule has 2 atom stereocenters. The Balaban J connectivity index is 1.67. The van der Waals surface area contributed by atoms with Gasteiger partial charge in [0.2, 0.25) is 0 Å². The topological polar surface area (TPSA) is 42.7 Å². The smallest absolute Gasteiger partial charge is 0.257 e. The fourth-order valence-electron chi connectivity index (χ4n) is 2.92. The van der Waals surface area contributed by atoms with Crippen molar-refractivity contribution in [1.82, 2.24) is 4.90 Å². The van der Waals surface area contributed by atoms with Crippen LogP contribution in [0.25, 0.3) is 0 Å². The molecular formula is C16H23NO3. The fourth-order valence-corrected chi connectivity index (χ4v) is 2.92. The Morgan fingerprint density at radius 3 is 2.90 bits per heavy atom. The molecular weight excluding hydrogens is 254 g/mol. The van der Waals surface area contributed by atoms with Gasteiger partial charge in [-0.2, -0.15) is 0 Å². The van der Waals surface area contributed by atoms with Gasteiger partial charge in [0, 0.05) is 13.1 Å². The van der Waals surface area contributed by atoms with Crippen molar-refractivity contribution in [1.29, 1.82) is 0 Å². The van der Waals surface area contributed by atoms with E-state index in [1.54, 1.807) is 12.3 Å². The SMILES string of the molecule is CCCC[C@@H]1CN(C(=O)c2ccoc2)C[C@H](C2CC2)O1. The van der Waals surface area contributed by atoms with Crippen LogP contribution < -0.4 is 0 Å². The lowest BCUT2D eigenvalue weighted by molar-refractivity contribution is -0.0874. The molecule has 0 spiro atoms. The lowest BCUT2D eigenvalue weighted by Gasteiger charge is -2.38. The number of hydrogen-bond donors (Lipinski definition) is 0. The van der Waals surface area contributed by atoms with Crippen LogP contribution in [0.5, 0.6) is 0 Å². The largest absolute Gasteiger partial charge is 0.472 e. The predicted octanol–water partition coefficient (Wildman–Crippen LogP) is 3.09. The average molecular weight is 277 g/mol. The predicted molar refractivity (Wildman–Crippen MR) is 75.5 cm³/mol. The van der Waals surface area contributed by atoms with E-state index in [2.05, 4.69) is 6.92 Å². The lowest BCUT2D eigenvalue weighted by Crippen LogP contribution is -2.50. The Morgan fingerprint density at radius 2 is 2.25 bits per heavy atom. The van der Waals surface area contributed by atoms with Gasteiger partial charge in [-0.3, -0.25) is 4.79 Å². The van der Waals surface area contributed by atoms with Crippen molar-refractivity contribution >= 4 is 5.91 Å². The van der Waals surface area contributed by atoms with Crippen LogP contribution in [-0.4, -0.2) is 36.1 Å². The zero-order valence-electron chi connectivity index (χ0n) is 12.1. The van der Waals surface area contributed by atoms with E-state index in [4.69, 9.17) is 9.15 Å². The first kappa shape index (κ1) is 13.7. The molecule has 2 aliphatic rings. The van der Waals surface area contributed by atoms with Crippen LogP contribution in [0.1, 0.15) is 49.4 Å². The minimum atomic E-state index is 0.0780. The summed E-state index contributed by atoms with van der Waals surface area (Å²) < 4.78 is 11.2. The van der Waals surface area contributed by atoms with E-state index in [0.29, 0.717) is 18.0 Å². The summed E-state index contributed by atoms with van der Waals surface area (Å²) in [5, 5.41) is 0. The van der Waals surface area contributed by atoms with E-state index in [1.807, 2.05) is 4.90 Å². The number of morpholine rings is 1. The van der Waals surface area contributed by atoms with Gasteiger partial charge in [-0.25, -0.2) is 0 Å². The van der Waals surface area contributed by atoms with Crippen molar-refractivity contribution in [3.8, 4) is 0 Å². The Bertz CT molecular complexity index is 439. The summed E-state index contributed by atoms with van der Waals surface area (Å²) in [5.41, 5.74) is 0.649. The summed E-state index contributed by atoms with van der Waals surface area (Å²) >= 11 is 0. The van der Waals surface area contributed by atoms with Gasteiger partial charge in [0.1, 0.15) is 6.26 Å². The van der Waals surface area contributed by atoms with Crippen LogP contribution in [0.4, 0.5) is 0 Å². The van der Waals surface area contributed by atoms with Crippen LogP contribution in [0.2, 0.25) is 0 Å². The third-order valence-electron chi connectivity index (χ3n) is 4.27. The van der Waals surface area contributed by atoms with Gasteiger partial charge in [0.25, 0.3) is 5.91 Å². The summed E-state index contributed by atoms with van der Waals surface area (Å²) in [6.45, 7) is 3.64. The van der Waals surface area contributed by atoms with Gasteiger partial charge in [-0.15, -0.1) is 0 Å². The second-order valence-electron chi connectivity index (χ2n) is 6.00. The highest BCUT2D eigenvalue weighted by atomic mass is 16.5. The molecule has 0 N–H and O–H groups in total. The van der Waals surface area contributed by atoms with Crippen molar-refractivity contribution < 1.29 is 13.9 Å². The summed E-state index contributed by atoms with van der Waals surface area (Å²) in [6.07, 6.45) is 9.41. The maximum atomic E-state index is 12.5. The number of nitrogens with zero attached hydrogens (tertiary/aromatic N) is 1. The molecule has 1 saturated carbocycles. The van der Waals surface area contributed by atoms with Crippen molar-refractivity contribution in [3.05, 3.63) is 24.2 Å². The third-order valence-corrected chi connectivity index (χ3v) is 4.27. The van der Waals surface area contributed by atoms with E-state index in [-0.39, 0.29) is 18.1 Å². The second kappa shape index (κ2) is 6.00. The summed E-state index contributed by atoms with van der Waals surface area (Å²) in [4.78, 5) is 14.4. The van der Waals surface area contributed by atoms with Crippen molar-refractivity contribution in [2.75, 3.05) is 13.1 Å². The van der Waals surface area contributed by atoms with E-state index in [9.17, 15) is 4.79 Å². The van der Waals surface area contributed by atoms with Crippen molar-refractivity contribution in [2.24, 2.45) is 5.92 Å². The van der Waals surface area contributed by atoms with E-state index in [1.165, 1.54) is 25.5 Å². The first-order chi connectivity index (χ1) is 9.78. The molecule has 1 aromatic heterocycles. The minimum Gasteiger partial charge on any atom is -0.472 e. The molecule has 20 heavy (non-hydrogen) atoms. The van der Waals surface area contributed by atoms with E-state index in [0.717, 1.165) is 19.4 Å². The quantitative estimate of drug-likeness (QED) is 0.830. The summed E-state index contributed by atoms with van der Waals surface area (Å²) in [6, 6.07) is 1.74. The Labute approximate surface area is 120 Å². The number of carbonyl (C=O) groups is 1. The highest BCUT2D eigenvalue weighted by molar-refractivity contribution is 5.93. The normalized spacial score (nSPS) is 26.8. The number of ether oxygens (including phenoxy) is 1. The lowest BCUT2D eigenvalue weighted by atomic mass is 10.1. The van der Waals surface area contributed by atoms with E-state index < -0.39 is 0 Å². The molecule has 110 valence electrons. The highest BCUT2D eigenvalue weighted by Crippen LogP contribution is 2.37. The van der Waals surface area contributed by atoms with Gasteiger partial charge in [0.05, 0.1) is 24.0 Å². The van der Waals surface area contributed by atoms with Gasteiger partial charge >= 0.3 is 0 Å². The molecule has 2 fully saturated rings. The number of unbranched alkanes of at least 4 members (excludes halogenated alkanes) is 1. The average Bonchev–Trinajstić information content (AvgIpc) is 3.19. The Hall–Kier alpha value is -1.29. The summed E-state index contributed by atoms with van der Waals surface area (Å²) in [5.74, 6) is 0.744. The third kappa shape index (κ3) is 3.06. The van der Waals surface area contributed by atoms with Crippen LogP contribution in [0, 0.1) is 5.92 Å². The van der Waals surface area contributed by atoms with Crippen molar-refractivity contribution in [2.45, 2.75) is 51.2 Å². The Kier molecular flexibility index (Phi) is 4.10. The van der Waals surface area contributed by atoms with Gasteiger partial charge < -0.3 is 14.1 Å². The molecule has 4 nitrogen and oxygen atoms in total. The standard InChI is InChI=1S/C16H23NO3/c1-2-3-4-14-9-17(10-15(20-14)12-5-6-12)16(18)13-7-8-19-11-13/h7-8,11-12,14-15H,2-6,9-10H2,1H3/t14-,15-/m1/s1. The molecule has 2 heterocycles. The highest BCUT2D eigenvalue weighted by Gasteiger charge is 2.39. The number of carbonyl (C=O) groups excluding carboxylic acids is 1. The van der Waals surface area contributed by atoms with Crippen LogP contribution >= 0.6 is 0 Å². The molecule has 3 rings (SSSR count).